The Morgan fingerprint density at radius 3 is 2.85 bits per heavy atom. The summed E-state index contributed by atoms with van der Waals surface area (Å²) in [5.41, 5.74) is 0.693. The normalized spacial score (nSPS) is 10.3. The molecule has 1 aromatic carbocycles. The first-order valence-electron chi connectivity index (χ1n) is 5.99. The van der Waals surface area contributed by atoms with E-state index in [1.807, 2.05) is 6.92 Å². The Labute approximate surface area is 114 Å². The van der Waals surface area contributed by atoms with Crippen LogP contribution in [0.1, 0.15) is 28.9 Å². The van der Waals surface area contributed by atoms with E-state index in [-0.39, 0.29) is 17.2 Å². The maximum atomic E-state index is 11.9. The molecular weight excluding hydrogens is 262 g/mol. The maximum Gasteiger partial charge on any atom is 0.295 e. The van der Waals surface area contributed by atoms with Crippen molar-refractivity contribution < 1.29 is 9.72 Å². The van der Waals surface area contributed by atoms with Crippen molar-refractivity contribution in [1.82, 2.24) is 15.2 Å². The van der Waals surface area contributed by atoms with Crippen molar-refractivity contribution in [2.75, 3.05) is 5.32 Å². The second-order valence-electron chi connectivity index (χ2n) is 4.19. The molecule has 8 heteroatoms. The summed E-state index contributed by atoms with van der Waals surface area (Å²) in [7, 11) is 0. The molecule has 2 N–H and O–H groups in total. The van der Waals surface area contributed by atoms with Crippen LogP contribution in [0.4, 0.5) is 11.4 Å². The van der Waals surface area contributed by atoms with Gasteiger partial charge in [0.1, 0.15) is 11.5 Å². The minimum Gasteiger partial charge on any atom is -0.313 e. The van der Waals surface area contributed by atoms with Gasteiger partial charge >= 0.3 is 0 Å². The lowest BCUT2D eigenvalue weighted by Crippen LogP contribution is -2.15. The number of rotatable bonds is 4. The molecule has 2 rings (SSSR count). The van der Waals surface area contributed by atoms with Crippen molar-refractivity contribution in [3.05, 3.63) is 45.5 Å². The van der Waals surface area contributed by atoms with Gasteiger partial charge in [-0.15, -0.1) is 5.10 Å². The number of benzene rings is 1. The second kappa shape index (κ2) is 5.47. The van der Waals surface area contributed by atoms with Gasteiger partial charge in [-0.1, -0.05) is 13.0 Å². The molecule has 0 aliphatic heterocycles. The van der Waals surface area contributed by atoms with Gasteiger partial charge in [0.2, 0.25) is 5.82 Å². The number of aromatic amines is 1. The van der Waals surface area contributed by atoms with Crippen LogP contribution in [0.5, 0.6) is 0 Å². The predicted octanol–water partition coefficient (Wildman–Crippen LogP) is 1.84. The Morgan fingerprint density at radius 1 is 1.50 bits per heavy atom. The summed E-state index contributed by atoms with van der Waals surface area (Å²) >= 11 is 0. The van der Waals surface area contributed by atoms with E-state index in [1.165, 1.54) is 12.1 Å². The Hall–Kier alpha value is -2.77. The summed E-state index contributed by atoms with van der Waals surface area (Å²) in [6, 6.07) is 4.56. The van der Waals surface area contributed by atoms with Gasteiger partial charge in [-0.25, -0.2) is 4.98 Å². The van der Waals surface area contributed by atoms with Gasteiger partial charge in [0, 0.05) is 12.5 Å². The molecule has 0 aliphatic rings. The fourth-order valence-corrected chi connectivity index (χ4v) is 1.63. The summed E-state index contributed by atoms with van der Waals surface area (Å²) in [5, 5.41) is 19.8. The van der Waals surface area contributed by atoms with Gasteiger partial charge in [0.25, 0.3) is 11.6 Å². The molecule has 1 aromatic heterocycles. The van der Waals surface area contributed by atoms with E-state index in [2.05, 4.69) is 20.5 Å². The van der Waals surface area contributed by atoms with Crippen molar-refractivity contribution in [1.29, 1.82) is 0 Å². The van der Waals surface area contributed by atoms with Crippen LogP contribution in [-0.2, 0) is 6.42 Å². The van der Waals surface area contributed by atoms with Gasteiger partial charge in [0.15, 0.2) is 0 Å². The summed E-state index contributed by atoms with van der Waals surface area (Å²) in [5.74, 6) is -0.0572. The van der Waals surface area contributed by atoms with Crippen LogP contribution in [0.3, 0.4) is 0 Å². The molecular formula is C12H13N5O3. The molecule has 2 aromatic rings. The highest BCUT2D eigenvalue weighted by atomic mass is 16.6. The first kappa shape index (κ1) is 13.7. The number of aromatic nitrogens is 3. The van der Waals surface area contributed by atoms with E-state index in [9.17, 15) is 14.9 Å². The number of hydrogen-bond donors (Lipinski definition) is 2. The Kier molecular flexibility index (Phi) is 3.74. The minimum atomic E-state index is -0.590. The molecule has 0 unspecified atom stereocenters. The van der Waals surface area contributed by atoms with E-state index >= 15 is 0 Å². The molecule has 0 spiro atoms. The lowest BCUT2D eigenvalue weighted by molar-refractivity contribution is -0.384. The number of nitro benzene ring substituents is 1. The molecule has 0 bridgehead atoms. The van der Waals surface area contributed by atoms with Gasteiger partial charge in [0.05, 0.1) is 4.92 Å². The summed E-state index contributed by atoms with van der Waals surface area (Å²) in [4.78, 5) is 26.3. The molecule has 8 nitrogen and oxygen atoms in total. The number of carbonyl (C=O) groups excluding carboxylic acids is 1. The van der Waals surface area contributed by atoms with E-state index in [4.69, 9.17) is 0 Å². The Balaban J connectivity index is 2.25. The number of carbonyl (C=O) groups is 1. The Morgan fingerprint density at radius 2 is 2.25 bits per heavy atom. The number of anilines is 1. The highest BCUT2D eigenvalue weighted by molar-refractivity contribution is 6.02. The Bertz CT molecular complexity index is 665. The van der Waals surface area contributed by atoms with Crippen LogP contribution in [0.2, 0.25) is 0 Å². The molecule has 1 amide bonds. The number of nitro groups is 1. The highest BCUT2D eigenvalue weighted by Crippen LogP contribution is 2.25. The highest BCUT2D eigenvalue weighted by Gasteiger charge is 2.19. The number of nitrogens with one attached hydrogen (secondary N) is 2. The first-order chi connectivity index (χ1) is 9.51. The topological polar surface area (TPSA) is 114 Å². The average Bonchev–Trinajstić information content (AvgIpc) is 2.89. The molecule has 104 valence electrons. The SMILES string of the molecule is CCc1nc(C(=O)Nc2ccc(C)cc2[N+](=O)[O-])n[nH]1. The van der Waals surface area contributed by atoms with Crippen LogP contribution in [-0.4, -0.2) is 26.0 Å². The van der Waals surface area contributed by atoms with Crippen molar-refractivity contribution in [3.63, 3.8) is 0 Å². The van der Waals surface area contributed by atoms with E-state index in [1.54, 1.807) is 13.0 Å². The van der Waals surface area contributed by atoms with Crippen molar-refractivity contribution in [2.24, 2.45) is 0 Å². The predicted molar refractivity (Wildman–Crippen MR) is 71.5 cm³/mol. The largest absolute Gasteiger partial charge is 0.313 e. The fraction of sp³-hybridized carbons (Fsp3) is 0.250. The van der Waals surface area contributed by atoms with Crippen LogP contribution in [0, 0.1) is 17.0 Å². The minimum absolute atomic E-state index is 0.0447. The van der Waals surface area contributed by atoms with Gasteiger partial charge in [-0.05, 0) is 18.6 Å². The first-order valence-corrected chi connectivity index (χ1v) is 5.99. The molecule has 0 atom stereocenters. The summed E-state index contributed by atoms with van der Waals surface area (Å²) in [6.45, 7) is 3.61. The summed E-state index contributed by atoms with van der Waals surface area (Å²) < 4.78 is 0. The van der Waals surface area contributed by atoms with Gasteiger partial charge < -0.3 is 5.32 Å². The lowest BCUT2D eigenvalue weighted by atomic mass is 10.2. The molecule has 0 fully saturated rings. The average molecular weight is 275 g/mol. The zero-order chi connectivity index (χ0) is 14.7. The summed E-state index contributed by atoms with van der Waals surface area (Å²) in [6.07, 6.45) is 0.616. The second-order valence-corrected chi connectivity index (χ2v) is 4.19. The molecule has 0 saturated carbocycles. The van der Waals surface area contributed by atoms with Crippen LogP contribution in [0.25, 0.3) is 0 Å². The maximum absolute atomic E-state index is 11.9. The van der Waals surface area contributed by atoms with E-state index in [0.29, 0.717) is 12.2 Å². The standard InChI is InChI=1S/C12H13N5O3/c1-3-10-14-11(16-15-10)12(18)13-8-5-4-7(2)6-9(8)17(19)20/h4-6H,3H2,1-2H3,(H,13,18)(H,14,15,16). The number of H-pyrrole nitrogens is 1. The molecule has 0 radical (unpaired) electrons. The van der Waals surface area contributed by atoms with E-state index in [0.717, 1.165) is 5.56 Å². The van der Waals surface area contributed by atoms with Crippen LogP contribution < -0.4 is 5.32 Å². The number of aryl methyl sites for hydroxylation is 2. The zero-order valence-corrected chi connectivity index (χ0v) is 11.0. The smallest absolute Gasteiger partial charge is 0.295 e. The third-order valence-corrected chi connectivity index (χ3v) is 2.67. The monoisotopic (exact) mass is 275 g/mol. The zero-order valence-electron chi connectivity index (χ0n) is 11.0. The van der Waals surface area contributed by atoms with Crippen molar-refractivity contribution in [3.8, 4) is 0 Å². The third-order valence-electron chi connectivity index (χ3n) is 2.67. The van der Waals surface area contributed by atoms with E-state index < -0.39 is 10.8 Å². The quantitative estimate of drug-likeness (QED) is 0.652. The number of amides is 1. The fourth-order valence-electron chi connectivity index (χ4n) is 1.63. The molecule has 1 heterocycles. The van der Waals surface area contributed by atoms with Gasteiger partial charge in [-0.3, -0.25) is 20.0 Å². The van der Waals surface area contributed by atoms with Gasteiger partial charge in [-0.2, -0.15) is 0 Å². The molecule has 0 aliphatic carbocycles. The number of hydrogen-bond acceptors (Lipinski definition) is 5. The van der Waals surface area contributed by atoms with Crippen LogP contribution >= 0.6 is 0 Å². The van der Waals surface area contributed by atoms with Crippen LogP contribution in [0.15, 0.2) is 18.2 Å². The number of nitrogens with zero attached hydrogens (tertiary/aromatic N) is 3. The third kappa shape index (κ3) is 2.79. The molecule has 0 saturated heterocycles. The van der Waals surface area contributed by atoms with Crippen molar-refractivity contribution >= 4 is 17.3 Å². The lowest BCUT2D eigenvalue weighted by Gasteiger charge is -2.04. The van der Waals surface area contributed by atoms with Crippen molar-refractivity contribution in [2.45, 2.75) is 20.3 Å². The molecule has 20 heavy (non-hydrogen) atoms.